The first-order valence-corrected chi connectivity index (χ1v) is 5.50. The largest absolute Gasteiger partial charge is 0.492 e. The summed E-state index contributed by atoms with van der Waals surface area (Å²) in [6, 6.07) is 5.82. The lowest BCUT2D eigenvalue weighted by Crippen LogP contribution is -2.22. The third-order valence-corrected chi connectivity index (χ3v) is 2.39. The van der Waals surface area contributed by atoms with Crippen molar-refractivity contribution in [3.63, 3.8) is 0 Å². The molecule has 1 aromatic carbocycles. The minimum Gasteiger partial charge on any atom is -0.492 e. The Morgan fingerprint density at radius 1 is 1.20 bits per heavy atom. The minimum absolute atomic E-state index is 0.664. The van der Waals surface area contributed by atoms with Gasteiger partial charge in [0.05, 0.1) is 12.3 Å². The average Bonchev–Trinajstić information content (AvgIpc) is 2.23. The number of hydrogen-bond donors (Lipinski definition) is 1. The molecule has 84 valence electrons. The molecule has 0 spiro atoms. The van der Waals surface area contributed by atoms with E-state index in [1.807, 2.05) is 25.1 Å². The highest BCUT2D eigenvalue weighted by molar-refractivity contribution is 5.63. The van der Waals surface area contributed by atoms with Crippen LogP contribution in [0.25, 0.3) is 0 Å². The number of ether oxygens (including phenoxy) is 1. The van der Waals surface area contributed by atoms with Crippen LogP contribution in [0.2, 0.25) is 0 Å². The van der Waals surface area contributed by atoms with Crippen LogP contribution in [-0.2, 0) is 0 Å². The second-order valence-corrected chi connectivity index (χ2v) is 3.33. The molecule has 2 N–H and O–H groups in total. The molecule has 1 aromatic rings. The Balaban J connectivity index is 3.03. The van der Waals surface area contributed by atoms with E-state index in [4.69, 9.17) is 10.5 Å². The van der Waals surface area contributed by atoms with Crippen molar-refractivity contribution in [1.82, 2.24) is 0 Å². The number of nitrogens with two attached hydrogens (primary N) is 1. The summed E-state index contributed by atoms with van der Waals surface area (Å²) in [6.45, 7) is 8.86. The molecule has 0 bridgehead atoms. The average molecular weight is 208 g/mol. The van der Waals surface area contributed by atoms with Crippen LogP contribution in [0.15, 0.2) is 18.2 Å². The monoisotopic (exact) mass is 208 g/mol. The molecular weight excluding hydrogens is 188 g/mol. The molecule has 3 nitrogen and oxygen atoms in total. The van der Waals surface area contributed by atoms with Gasteiger partial charge in [0.15, 0.2) is 0 Å². The van der Waals surface area contributed by atoms with E-state index in [1.54, 1.807) is 0 Å². The first-order valence-electron chi connectivity index (χ1n) is 5.50. The van der Waals surface area contributed by atoms with Crippen LogP contribution in [0.3, 0.4) is 0 Å². The van der Waals surface area contributed by atoms with Crippen molar-refractivity contribution in [2.24, 2.45) is 0 Å². The van der Waals surface area contributed by atoms with E-state index in [9.17, 15) is 0 Å². The van der Waals surface area contributed by atoms with Gasteiger partial charge in [-0.25, -0.2) is 0 Å². The van der Waals surface area contributed by atoms with Crippen molar-refractivity contribution < 1.29 is 4.74 Å². The molecule has 15 heavy (non-hydrogen) atoms. The van der Waals surface area contributed by atoms with Gasteiger partial charge in [0.25, 0.3) is 0 Å². The SMILES string of the molecule is CCOc1cc(N)ccc1N(CC)CC. The molecule has 3 heteroatoms. The molecule has 0 amide bonds. The summed E-state index contributed by atoms with van der Waals surface area (Å²) in [6.07, 6.45) is 0. The highest BCUT2D eigenvalue weighted by atomic mass is 16.5. The van der Waals surface area contributed by atoms with Gasteiger partial charge in [-0.2, -0.15) is 0 Å². The van der Waals surface area contributed by atoms with Gasteiger partial charge < -0.3 is 15.4 Å². The van der Waals surface area contributed by atoms with E-state index in [0.717, 1.165) is 30.2 Å². The first-order chi connectivity index (χ1) is 7.22. The lowest BCUT2D eigenvalue weighted by Gasteiger charge is -2.23. The van der Waals surface area contributed by atoms with E-state index in [-0.39, 0.29) is 0 Å². The van der Waals surface area contributed by atoms with Crippen LogP contribution in [0, 0.1) is 0 Å². The van der Waals surface area contributed by atoms with E-state index in [0.29, 0.717) is 6.61 Å². The smallest absolute Gasteiger partial charge is 0.144 e. The molecule has 0 aromatic heterocycles. The van der Waals surface area contributed by atoms with Crippen molar-refractivity contribution in [3.8, 4) is 5.75 Å². The number of benzene rings is 1. The number of nitrogens with zero attached hydrogens (tertiary/aromatic N) is 1. The summed E-state index contributed by atoms with van der Waals surface area (Å²) in [4.78, 5) is 2.25. The summed E-state index contributed by atoms with van der Waals surface area (Å²) in [7, 11) is 0. The summed E-state index contributed by atoms with van der Waals surface area (Å²) >= 11 is 0. The van der Waals surface area contributed by atoms with Crippen molar-refractivity contribution >= 4 is 11.4 Å². The van der Waals surface area contributed by atoms with Gasteiger partial charge in [0.1, 0.15) is 5.75 Å². The molecule has 0 atom stereocenters. The molecule has 0 aliphatic heterocycles. The van der Waals surface area contributed by atoms with Crippen LogP contribution < -0.4 is 15.4 Å². The van der Waals surface area contributed by atoms with Crippen LogP contribution in [0.1, 0.15) is 20.8 Å². The van der Waals surface area contributed by atoms with Crippen molar-refractivity contribution in [3.05, 3.63) is 18.2 Å². The van der Waals surface area contributed by atoms with Gasteiger partial charge in [-0.3, -0.25) is 0 Å². The van der Waals surface area contributed by atoms with Gasteiger partial charge in [-0.1, -0.05) is 0 Å². The second kappa shape index (κ2) is 5.49. The topological polar surface area (TPSA) is 38.5 Å². The second-order valence-electron chi connectivity index (χ2n) is 3.33. The molecule has 1 rings (SSSR count). The van der Waals surface area contributed by atoms with Crippen LogP contribution in [0.4, 0.5) is 11.4 Å². The van der Waals surface area contributed by atoms with E-state index in [1.165, 1.54) is 0 Å². The van der Waals surface area contributed by atoms with Gasteiger partial charge >= 0.3 is 0 Å². The first kappa shape index (κ1) is 11.7. The third kappa shape index (κ3) is 2.78. The molecule has 0 unspecified atom stereocenters. The maximum absolute atomic E-state index is 5.74. The van der Waals surface area contributed by atoms with Gasteiger partial charge in [-0.05, 0) is 32.9 Å². The third-order valence-electron chi connectivity index (χ3n) is 2.39. The fraction of sp³-hybridized carbons (Fsp3) is 0.500. The number of hydrogen-bond acceptors (Lipinski definition) is 3. The number of rotatable bonds is 5. The maximum Gasteiger partial charge on any atom is 0.144 e. The highest BCUT2D eigenvalue weighted by Crippen LogP contribution is 2.30. The fourth-order valence-corrected chi connectivity index (χ4v) is 1.63. The predicted octanol–water partition coefficient (Wildman–Crippen LogP) is 2.51. The molecule has 0 aliphatic carbocycles. The zero-order valence-electron chi connectivity index (χ0n) is 9.79. The van der Waals surface area contributed by atoms with Crippen LogP contribution in [-0.4, -0.2) is 19.7 Å². The summed E-state index contributed by atoms with van der Waals surface area (Å²) in [5.74, 6) is 0.876. The van der Waals surface area contributed by atoms with Crippen molar-refractivity contribution in [2.75, 3.05) is 30.3 Å². The standard InChI is InChI=1S/C12H20N2O/c1-4-14(5-2)11-8-7-10(13)9-12(11)15-6-3/h7-9H,4-6,13H2,1-3H3. The molecular formula is C12H20N2O. The summed E-state index contributed by atoms with van der Waals surface area (Å²) < 4.78 is 5.58. The molecule has 0 radical (unpaired) electrons. The van der Waals surface area contributed by atoms with Gasteiger partial charge in [-0.15, -0.1) is 0 Å². The Bertz CT molecular complexity index is 308. The van der Waals surface area contributed by atoms with Crippen molar-refractivity contribution in [2.45, 2.75) is 20.8 Å². The summed E-state index contributed by atoms with van der Waals surface area (Å²) in [5.41, 5.74) is 7.61. The molecule has 0 fully saturated rings. The molecule has 0 saturated carbocycles. The Morgan fingerprint density at radius 2 is 1.87 bits per heavy atom. The Hall–Kier alpha value is -1.38. The van der Waals surface area contributed by atoms with E-state index in [2.05, 4.69) is 18.7 Å². The Kier molecular flexibility index (Phi) is 4.28. The fourth-order valence-electron chi connectivity index (χ4n) is 1.63. The Morgan fingerprint density at radius 3 is 2.40 bits per heavy atom. The predicted molar refractivity (Wildman–Crippen MR) is 65.6 cm³/mol. The molecule has 0 saturated heterocycles. The van der Waals surface area contributed by atoms with Crippen LogP contribution >= 0.6 is 0 Å². The lowest BCUT2D eigenvalue weighted by atomic mass is 10.2. The molecule has 0 heterocycles. The van der Waals surface area contributed by atoms with Crippen LogP contribution in [0.5, 0.6) is 5.75 Å². The number of anilines is 2. The minimum atomic E-state index is 0.664. The normalized spacial score (nSPS) is 10.1. The van der Waals surface area contributed by atoms with Gasteiger partial charge in [0.2, 0.25) is 0 Å². The number of nitrogen functional groups attached to an aromatic ring is 1. The van der Waals surface area contributed by atoms with Gasteiger partial charge in [0, 0.05) is 24.8 Å². The zero-order valence-corrected chi connectivity index (χ0v) is 9.79. The maximum atomic E-state index is 5.74. The quantitative estimate of drug-likeness (QED) is 0.756. The lowest BCUT2D eigenvalue weighted by molar-refractivity contribution is 0.340. The summed E-state index contributed by atoms with van der Waals surface area (Å²) in [5, 5.41) is 0. The van der Waals surface area contributed by atoms with E-state index < -0.39 is 0 Å². The van der Waals surface area contributed by atoms with Crippen molar-refractivity contribution in [1.29, 1.82) is 0 Å². The molecule has 0 aliphatic rings. The highest BCUT2D eigenvalue weighted by Gasteiger charge is 2.09. The van der Waals surface area contributed by atoms with E-state index >= 15 is 0 Å². The zero-order chi connectivity index (χ0) is 11.3. The Labute approximate surface area is 91.8 Å².